The molecule has 4 rings (SSSR count). The molecule has 0 radical (unpaired) electrons. The molecule has 0 saturated heterocycles. The Labute approximate surface area is 186 Å². The number of nitrogens with one attached hydrogen (secondary N) is 2. The van der Waals surface area contributed by atoms with Gasteiger partial charge in [-0.3, -0.25) is 9.59 Å². The third-order valence-electron chi connectivity index (χ3n) is 5.71. The fraction of sp³-hybridized carbons (Fsp3) is 0.192. The van der Waals surface area contributed by atoms with Crippen molar-refractivity contribution >= 4 is 23.5 Å². The first-order valence-electron chi connectivity index (χ1n) is 10.7. The van der Waals surface area contributed by atoms with Crippen molar-refractivity contribution in [1.29, 1.82) is 0 Å². The standard InChI is InChI=1S/C26H24N2O4/c29-24(27-18-7-1-2-8-18)17-13-15-19(16-14-17)28-25(30)22-11-5-3-9-20(22)21-10-4-6-12-23(21)26(31)32/h3-6,9-16,18H,1-2,7-8H2,(H,27,29)(H,28,30)(H,31,32). The summed E-state index contributed by atoms with van der Waals surface area (Å²) >= 11 is 0. The second-order valence-corrected chi connectivity index (χ2v) is 7.88. The van der Waals surface area contributed by atoms with Crippen molar-refractivity contribution in [3.63, 3.8) is 0 Å². The van der Waals surface area contributed by atoms with Crippen molar-refractivity contribution in [2.75, 3.05) is 5.32 Å². The lowest BCUT2D eigenvalue weighted by Crippen LogP contribution is -2.32. The monoisotopic (exact) mass is 428 g/mol. The third kappa shape index (κ3) is 4.70. The molecule has 6 nitrogen and oxygen atoms in total. The van der Waals surface area contributed by atoms with E-state index in [1.165, 1.54) is 6.07 Å². The highest BCUT2D eigenvalue weighted by atomic mass is 16.4. The first-order chi connectivity index (χ1) is 15.5. The molecule has 0 aliphatic heterocycles. The van der Waals surface area contributed by atoms with Crippen LogP contribution in [0.4, 0.5) is 5.69 Å². The predicted molar refractivity (Wildman–Crippen MR) is 123 cm³/mol. The largest absolute Gasteiger partial charge is 0.478 e. The zero-order chi connectivity index (χ0) is 22.5. The van der Waals surface area contributed by atoms with E-state index in [0.29, 0.717) is 27.9 Å². The van der Waals surface area contributed by atoms with Crippen LogP contribution in [0.25, 0.3) is 11.1 Å². The number of carboxylic acids is 1. The number of carbonyl (C=O) groups is 3. The Bertz CT molecular complexity index is 1150. The van der Waals surface area contributed by atoms with Crippen molar-refractivity contribution in [1.82, 2.24) is 5.32 Å². The van der Waals surface area contributed by atoms with Gasteiger partial charge in [0.15, 0.2) is 0 Å². The molecule has 1 aliphatic rings. The predicted octanol–water partition coefficient (Wildman–Crippen LogP) is 4.98. The molecule has 3 aromatic rings. The molecule has 0 aromatic heterocycles. The fourth-order valence-electron chi connectivity index (χ4n) is 4.06. The maximum Gasteiger partial charge on any atom is 0.336 e. The Morgan fingerprint density at radius 1 is 0.719 bits per heavy atom. The van der Waals surface area contributed by atoms with Crippen LogP contribution in [0.1, 0.15) is 56.8 Å². The van der Waals surface area contributed by atoms with E-state index in [2.05, 4.69) is 10.6 Å². The van der Waals surface area contributed by atoms with Crippen LogP contribution in [0.3, 0.4) is 0 Å². The van der Waals surface area contributed by atoms with Gasteiger partial charge in [0.05, 0.1) is 5.56 Å². The van der Waals surface area contributed by atoms with Gasteiger partial charge in [0.1, 0.15) is 0 Å². The normalized spacial score (nSPS) is 13.5. The molecular formula is C26H24N2O4. The lowest BCUT2D eigenvalue weighted by atomic mass is 9.95. The minimum absolute atomic E-state index is 0.106. The molecule has 3 N–H and O–H groups in total. The molecule has 0 unspecified atom stereocenters. The van der Waals surface area contributed by atoms with E-state index in [0.717, 1.165) is 25.7 Å². The maximum absolute atomic E-state index is 13.0. The number of amides is 2. The Morgan fingerprint density at radius 2 is 1.28 bits per heavy atom. The number of hydrogen-bond acceptors (Lipinski definition) is 3. The van der Waals surface area contributed by atoms with Gasteiger partial charge in [-0.25, -0.2) is 4.79 Å². The van der Waals surface area contributed by atoms with Gasteiger partial charge < -0.3 is 15.7 Å². The number of rotatable bonds is 6. The Hall–Kier alpha value is -3.93. The van der Waals surface area contributed by atoms with Crippen molar-refractivity contribution in [3.8, 4) is 11.1 Å². The highest BCUT2D eigenvalue weighted by Gasteiger charge is 2.19. The average Bonchev–Trinajstić information content (AvgIpc) is 3.32. The lowest BCUT2D eigenvalue weighted by molar-refractivity contribution is 0.0697. The molecule has 32 heavy (non-hydrogen) atoms. The van der Waals surface area contributed by atoms with Gasteiger partial charge in [-0.1, -0.05) is 49.2 Å². The number of hydrogen-bond donors (Lipinski definition) is 3. The maximum atomic E-state index is 13.0. The quantitative estimate of drug-likeness (QED) is 0.516. The van der Waals surface area contributed by atoms with Crippen LogP contribution in [0.5, 0.6) is 0 Å². The summed E-state index contributed by atoms with van der Waals surface area (Å²) < 4.78 is 0. The van der Waals surface area contributed by atoms with Gasteiger partial charge in [0.25, 0.3) is 11.8 Å². The van der Waals surface area contributed by atoms with Crippen LogP contribution in [-0.2, 0) is 0 Å². The minimum Gasteiger partial charge on any atom is -0.478 e. The summed E-state index contributed by atoms with van der Waals surface area (Å²) in [6.07, 6.45) is 4.33. The van der Waals surface area contributed by atoms with E-state index in [-0.39, 0.29) is 23.4 Å². The molecule has 162 valence electrons. The lowest BCUT2D eigenvalue weighted by Gasteiger charge is -2.13. The number of carbonyl (C=O) groups excluding carboxylic acids is 2. The van der Waals surface area contributed by atoms with Crippen molar-refractivity contribution < 1.29 is 19.5 Å². The molecule has 1 saturated carbocycles. The second kappa shape index (κ2) is 9.47. The topological polar surface area (TPSA) is 95.5 Å². The second-order valence-electron chi connectivity index (χ2n) is 7.88. The zero-order valence-corrected chi connectivity index (χ0v) is 17.5. The van der Waals surface area contributed by atoms with E-state index >= 15 is 0 Å². The van der Waals surface area contributed by atoms with E-state index in [1.54, 1.807) is 66.7 Å². The number of anilines is 1. The summed E-state index contributed by atoms with van der Waals surface area (Å²) in [6, 6.07) is 20.5. The van der Waals surface area contributed by atoms with E-state index in [4.69, 9.17) is 0 Å². The van der Waals surface area contributed by atoms with Gasteiger partial charge in [-0.2, -0.15) is 0 Å². The van der Waals surface area contributed by atoms with Crippen LogP contribution in [0, 0.1) is 0 Å². The number of aromatic carboxylic acids is 1. The van der Waals surface area contributed by atoms with E-state index < -0.39 is 5.97 Å². The highest BCUT2D eigenvalue weighted by molar-refractivity contribution is 6.10. The first kappa shape index (κ1) is 21.3. The summed E-state index contributed by atoms with van der Waals surface area (Å²) in [6.45, 7) is 0. The van der Waals surface area contributed by atoms with Crippen molar-refractivity contribution in [2.45, 2.75) is 31.7 Å². The first-order valence-corrected chi connectivity index (χ1v) is 10.7. The molecule has 0 atom stereocenters. The third-order valence-corrected chi connectivity index (χ3v) is 5.71. The molecule has 6 heteroatoms. The summed E-state index contributed by atoms with van der Waals surface area (Å²) in [5, 5.41) is 15.4. The summed E-state index contributed by atoms with van der Waals surface area (Å²) in [5.41, 5.74) is 2.61. The molecule has 2 amide bonds. The summed E-state index contributed by atoms with van der Waals surface area (Å²) in [5.74, 6) is -1.52. The molecule has 0 spiro atoms. The van der Waals surface area contributed by atoms with Crippen LogP contribution in [-0.4, -0.2) is 28.9 Å². The average molecular weight is 428 g/mol. The molecule has 1 aliphatic carbocycles. The Balaban J connectivity index is 1.52. The Morgan fingerprint density at radius 3 is 1.91 bits per heavy atom. The summed E-state index contributed by atoms with van der Waals surface area (Å²) in [4.78, 5) is 37.0. The number of benzene rings is 3. The van der Waals surface area contributed by atoms with Gasteiger partial charge in [-0.15, -0.1) is 0 Å². The molecule has 3 aromatic carbocycles. The van der Waals surface area contributed by atoms with Crippen LogP contribution < -0.4 is 10.6 Å². The molecule has 0 bridgehead atoms. The fourth-order valence-corrected chi connectivity index (χ4v) is 4.06. The smallest absolute Gasteiger partial charge is 0.336 e. The zero-order valence-electron chi connectivity index (χ0n) is 17.5. The van der Waals surface area contributed by atoms with Crippen LogP contribution in [0.15, 0.2) is 72.8 Å². The highest BCUT2D eigenvalue weighted by Crippen LogP contribution is 2.28. The van der Waals surface area contributed by atoms with Crippen molar-refractivity contribution in [3.05, 3.63) is 89.5 Å². The van der Waals surface area contributed by atoms with Gasteiger partial charge in [0.2, 0.25) is 0 Å². The van der Waals surface area contributed by atoms with E-state index in [9.17, 15) is 19.5 Å². The van der Waals surface area contributed by atoms with E-state index in [1.807, 2.05) is 0 Å². The minimum atomic E-state index is -1.05. The van der Waals surface area contributed by atoms with Gasteiger partial charge >= 0.3 is 5.97 Å². The summed E-state index contributed by atoms with van der Waals surface area (Å²) in [7, 11) is 0. The van der Waals surface area contributed by atoms with Crippen LogP contribution >= 0.6 is 0 Å². The Kier molecular flexibility index (Phi) is 6.31. The van der Waals surface area contributed by atoms with Crippen molar-refractivity contribution in [2.24, 2.45) is 0 Å². The number of carboxylic acid groups (broad SMARTS) is 1. The molecular weight excluding hydrogens is 404 g/mol. The molecule has 0 heterocycles. The van der Waals surface area contributed by atoms with Gasteiger partial charge in [0, 0.05) is 22.9 Å². The van der Waals surface area contributed by atoms with Gasteiger partial charge in [-0.05, 0) is 60.4 Å². The van der Waals surface area contributed by atoms with Crippen LogP contribution in [0.2, 0.25) is 0 Å². The molecule has 1 fully saturated rings. The SMILES string of the molecule is O=C(NC1CCCC1)c1ccc(NC(=O)c2ccccc2-c2ccccc2C(=O)O)cc1.